The third kappa shape index (κ3) is 6.30. The molecule has 3 aromatic carbocycles. The number of hydrogen-bond acceptors (Lipinski definition) is 1. The SMILES string of the molecule is Cc1cc(C)[nH]n1.[Au+].c1ccc([PH+](c2ccccc2)c2ccccc2)cc1. The van der Waals surface area contributed by atoms with Crippen LogP contribution in [0, 0.1) is 13.8 Å². The maximum Gasteiger partial charge on any atom is 1.00 e. The van der Waals surface area contributed by atoms with E-state index in [2.05, 4.69) is 101 Å². The van der Waals surface area contributed by atoms with Gasteiger partial charge in [-0.25, -0.2) is 0 Å². The molecule has 1 heterocycles. The molecular weight excluding hydrogens is 532 g/mol. The van der Waals surface area contributed by atoms with E-state index in [9.17, 15) is 0 Å². The third-order valence-electron chi connectivity index (χ3n) is 4.02. The molecule has 0 saturated carbocycles. The molecule has 0 aliphatic rings. The number of nitrogens with zero attached hydrogens (tertiary/aromatic N) is 1. The first kappa shape index (κ1) is 21.3. The summed E-state index contributed by atoms with van der Waals surface area (Å²) in [7, 11) is -0.877. The molecule has 2 nitrogen and oxygen atoms in total. The molecule has 0 amide bonds. The second kappa shape index (κ2) is 11.0. The Bertz CT molecular complexity index is 798. The first-order valence-electron chi connectivity index (χ1n) is 8.76. The quantitative estimate of drug-likeness (QED) is 0.298. The molecule has 1 N–H and O–H groups in total. The van der Waals surface area contributed by atoms with Crippen molar-refractivity contribution >= 4 is 23.8 Å². The van der Waals surface area contributed by atoms with E-state index in [1.807, 2.05) is 19.9 Å². The van der Waals surface area contributed by atoms with Crippen LogP contribution in [0.2, 0.25) is 0 Å². The summed E-state index contributed by atoms with van der Waals surface area (Å²) in [5.74, 6) is 0. The summed E-state index contributed by atoms with van der Waals surface area (Å²) in [6.07, 6.45) is 0. The van der Waals surface area contributed by atoms with E-state index in [1.165, 1.54) is 15.9 Å². The molecule has 1 aromatic heterocycles. The Morgan fingerprint density at radius 3 is 1.22 bits per heavy atom. The van der Waals surface area contributed by atoms with Crippen molar-refractivity contribution in [1.82, 2.24) is 10.2 Å². The van der Waals surface area contributed by atoms with Crippen LogP contribution < -0.4 is 15.9 Å². The monoisotopic (exact) mass is 556 g/mol. The van der Waals surface area contributed by atoms with Gasteiger partial charge in [0.15, 0.2) is 0 Å². The van der Waals surface area contributed by atoms with Crippen molar-refractivity contribution in [3.63, 3.8) is 0 Å². The molecule has 0 fully saturated rings. The third-order valence-corrected chi connectivity index (χ3v) is 6.75. The van der Waals surface area contributed by atoms with Gasteiger partial charge in [0, 0.05) is 5.69 Å². The van der Waals surface area contributed by atoms with Gasteiger partial charge in [-0.3, -0.25) is 5.10 Å². The molecule has 4 aromatic rings. The zero-order chi connectivity index (χ0) is 18.2. The van der Waals surface area contributed by atoms with Gasteiger partial charge >= 0.3 is 22.4 Å². The Morgan fingerprint density at radius 1 is 0.630 bits per heavy atom. The van der Waals surface area contributed by atoms with Crippen LogP contribution in [-0.2, 0) is 22.4 Å². The zero-order valence-electron chi connectivity index (χ0n) is 15.5. The minimum absolute atomic E-state index is 0. The van der Waals surface area contributed by atoms with Gasteiger partial charge in [0.2, 0.25) is 0 Å². The van der Waals surface area contributed by atoms with E-state index in [0.717, 1.165) is 11.4 Å². The Hall–Kier alpha value is -1.96. The van der Waals surface area contributed by atoms with E-state index < -0.39 is 7.92 Å². The summed E-state index contributed by atoms with van der Waals surface area (Å²) in [6, 6.07) is 34.5. The van der Waals surface area contributed by atoms with E-state index in [-0.39, 0.29) is 22.4 Å². The van der Waals surface area contributed by atoms with Crippen LogP contribution in [-0.4, -0.2) is 10.2 Å². The summed E-state index contributed by atoms with van der Waals surface area (Å²) < 4.78 is 0. The van der Waals surface area contributed by atoms with Gasteiger partial charge < -0.3 is 0 Å². The molecule has 4 heteroatoms. The number of aryl methyl sites for hydroxylation is 2. The Labute approximate surface area is 178 Å². The smallest absolute Gasteiger partial charge is 0.283 e. The van der Waals surface area contributed by atoms with Crippen LogP contribution in [0.5, 0.6) is 0 Å². The van der Waals surface area contributed by atoms with Gasteiger partial charge in [0.1, 0.15) is 15.9 Å². The number of benzene rings is 3. The van der Waals surface area contributed by atoms with Crippen LogP contribution in [0.3, 0.4) is 0 Å². The van der Waals surface area contributed by atoms with Crippen LogP contribution in [0.4, 0.5) is 0 Å². The van der Waals surface area contributed by atoms with Crippen molar-refractivity contribution in [2.75, 3.05) is 0 Å². The topological polar surface area (TPSA) is 28.7 Å². The van der Waals surface area contributed by atoms with E-state index in [0.29, 0.717) is 0 Å². The number of rotatable bonds is 3. The largest absolute Gasteiger partial charge is 1.00 e. The maximum atomic E-state index is 3.89. The molecule has 0 saturated heterocycles. The van der Waals surface area contributed by atoms with Gasteiger partial charge in [-0.2, -0.15) is 5.10 Å². The predicted molar refractivity (Wildman–Crippen MR) is 115 cm³/mol. The minimum Gasteiger partial charge on any atom is -0.283 e. The molecule has 0 aliphatic carbocycles. The van der Waals surface area contributed by atoms with Crippen LogP contribution in [0.15, 0.2) is 97.1 Å². The average molecular weight is 556 g/mol. The number of aromatic nitrogens is 2. The summed E-state index contributed by atoms with van der Waals surface area (Å²) in [5.41, 5.74) is 2.18. The van der Waals surface area contributed by atoms with Crippen LogP contribution in [0.1, 0.15) is 11.4 Å². The van der Waals surface area contributed by atoms with Gasteiger partial charge in [-0.15, -0.1) is 0 Å². The van der Waals surface area contributed by atoms with Crippen molar-refractivity contribution in [2.45, 2.75) is 13.8 Å². The van der Waals surface area contributed by atoms with Crippen LogP contribution in [0.25, 0.3) is 0 Å². The fourth-order valence-electron chi connectivity index (χ4n) is 2.87. The molecule has 0 atom stereocenters. The fraction of sp³-hybridized carbons (Fsp3) is 0.0870. The number of nitrogens with one attached hydrogen (secondary N) is 1. The summed E-state index contributed by atoms with van der Waals surface area (Å²) in [6.45, 7) is 3.95. The van der Waals surface area contributed by atoms with Crippen molar-refractivity contribution < 1.29 is 22.4 Å². The standard InChI is InChI=1S/C18H15P.C5H8N2.Au/c1-4-10-16(11-5-1)19(17-12-6-2-7-13-17)18-14-8-3-9-15-18;1-4-3-5(2)7-6-4;/h1-15H;3H,1-2H3,(H,6,7);/q;;+1/p+1. The molecule has 0 spiro atoms. The molecule has 140 valence electrons. The Balaban J connectivity index is 0.000000278. The van der Waals surface area contributed by atoms with E-state index >= 15 is 0 Å². The first-order valence-corrected chi connectivity index (χ1v) is 10.3. The maximum absolute atomic E-state index is 3.89. The molecule has 27 heavy (non-hydrogen) atoms. The molecule has 0 aliphatic heterocycles. The number of hydrogen-bond donors (Lipinski definition) is 1. The summed E-state index contributed by atoms with van der Waals surface area (Å²) >= 11 is 0. The molecule has 4 rings (SSSR count). The van der Waals surface area contributed by atoms with E-state index in [4.69, 9.17) is 0 Å². The van der Waals surface area contributed by atoms with Gasteiger partial charge in [-0.1, -0.05) is 54.6 Å². The predicted octanol–water partition coefficient (Wildman–Crippen LogP) is 4.20. The van der Waals surface area contributed by atoms with Gasteiger partial charge in [0.25, 0.3) is 0 Å². The first-order chi connectivity index (χ1) is 12.7. The van der Waals surface area contributed by atoms with Crippen molar-refractivity contribution in [1.29, 1.82) is 0 Å². The Morgan fingerprint density at radius 2 is 1.00 bits per heavy atom. The second-order valence-corrected chi connectivity index (χ2v) is 8.65. The summed E-state index contributed by atoms with van der Waals surface area (Å²) in [4.78, 5) is 0. The Kier molecular flexibility index (Phi) is 8.71. The number of aromatic amines is 1. The normalized spacial score (nSPS) is 9.89. The minimum atomic E-state index is -0.877. The molecule has 0 unspecified atom stereocenters. The van der Waals surface area contributed by atoms with Gasteiger partial charge in [-0.05, 0) is 56.3 Å². The molecule has 0 radical (unpaired) electrons. The van der Waals surface area contributed by atoms with Crippen molar-refractivity contribution in [3.05, 3.63) is 108 Å². The number of H-pyrrole nitrogens is 1. The zero-order valence-corrected chi connectivity index (χ0v) is 18.7. The van der Waals surface area contributed by atoms with Crippen molar-refractivity contribution in [3.8, 4) is 0 Å². The average Bonchev–Trinajstić information content (AvgIpc) is 3.08. The molecular formula is C23H24AuN2P+2. The second-order valence-electron chi connectivity index (χ2n) is 6.17. The van der Waals surface area contributed by atoms with Gasteiger partial charge in [0.05, 0.1) is 13.6 Å². The molecule has 0 bridgehead atoms. The fourth-order valence-corrected chi connectivity index (χ4v) is 5.45. The van der Waals surface area contributed by atoms with Crippen molar-refractivity contribution in [2.24, 2.45) is 0 Å². The van der Waals surface area contributed by atoms with Crippen LogP contribution >= 0.6 is 7.92 Å². The van der Waals surface area contributed by atoms with E-state index in [1.54, 1.807) is 0 Å². The summed E-state index contributed by atoms with van der Waals surface area (Å²) in [5, 5.41) is 11.0.